The summed E-state index contributed by atoms with van der Waals surface area (Å²) in [7, 11) is 0. The molecule has 1 saturated heterocycles. The van der Waals surface area contributed by atoms with Crippen molar-refractivity contribution < 1.29 is 9.53 Å². The van der Waals surface area contributed by atoms with E-state index in [0.29, 0.717) is 6.61 Å². The third-order valence-electron chi connectivity index (χ3n) is 1.75. The second kappa shape index (κ2) is 3.11. The predicted octanol–water partition coefficient (Wildman–Crippen LogP) is 2.08. The zero-order valence-corrected chi connectivity index (χ0v) is 7.26. The van der Waals surface area contributed by atoms with Crippen LogP contribution in [0.2, 0.25) is 0 Å². The van der Waals surface area contributed by atoms with Gasteiger partial charge in [-0.2, -0.15) is 11.3 Å². The lowest BCUT2D eigenvalue weighted by atomic mass is 10.1. The molecule has 2 nitrogen and oxygen atoms in total. The van der Waals surface area contributed by atoms with Crippen LogP contribution < -0.4 is 0 Å². The van der Waals surface area contributed by atoms with E-state index in [9.17, 15) is 4.79 Å². The normalized spacial score (nSPS) is 20.0. The molecule has 12 heavy (non-hydrogen) atoms. The second-order valence-electron chi connectivity index (χ2n) is 2.61. The molecule has 62 valence electrons. The first-order valence-corrected chi connectivity index (χ1v) is 4.70. The molecule has 2 rings (SSSR count). The fourth-order valence-electron chi connectivity index (χ4n) is 1.14. The van der Waals surface area contributed by atoms with E-state index in [2.05, 4.69) is 0 Å². The van der Waals surface area contributed by atoms with Gasteiger partial charge in [-0.05, 0) is 28.5 Å². The van der Waals surface area contributed by atoms with Gasteiger partial charge in [0.1, 0.15) is 0 Å². The van der Waals surface area contributed by atoms with E-state index < -0.39 is 0 Å². The first kappa shape index (κ1) is 7.55. The van der Waals surface area contributed by atoms with Crippen LogP contribution in [-0.2, 0) is 9.53 Å². The van der Waals surface area contributed by atoms with E-state index in [-0.39, 0.29) is 5.97 Å². The lowest BCUT2D eigenvalue weighted by molar-refractivity contribution is -0.134. The number of rotatable bonds is 1. The molecule has 2 heterocycles. The van der Waals surface area contributed by atoms with E-state index in [1.807, 2.05) is 22.9 Å². The van der Waals surface area contributed by atoms with Crippen LogP contribution in [-0.4, -0.2) is 12.6 Å². The molecule has 0 radical (unpaired) electrons. The standard InChI is InChI=1S/C9H8O2S/c10-9-8(1-3-11-9)5-7-2-4-12-6-7/h2,4-6H,1,3H2/b8-5-. The third-order valence-corrected chi connectivity index (χ3v) is 2.45. The maximum absolute atomic E-state index is 11.0. The highest BCUT2D eigenvalue weighted by atomic mass is 32.1. The molecule has 1 aliphatic heterocycles. The Balaban J connectivity index is 2.23. The van der Waals surface area contributed by atoms with Gasteiger partial charge < -0.3 is 4.74 Å². The fraction of sp³-hybridized carbons (Fsp3) is 0.222. The number of thiophene rings is 1. The molecule has 0 bridgehead atoms. The fourth-order valence-corrected chi connectivity index (χ4v) is 1.76. The highest BCUT2D eigenvalue weighted by molar-refractivity contribution is 7.08. The minimum Gasteiger partial charge on any atom is -0.462 e. The van der Waals surface area contributed by atoms with E-state index in [0.717, 1.165) is 17.6 Å². The number of cyclic esters (lactones) is 1. The van der Waals surface area contributed by atoms with Gasteiger partial charge in [0.05, 0.1) is 6.61 Å². The molecule has 0 unspecified atom stereocenters. The van der Waals surface area contributed by atoms with Crippen molar-refractivity contribution in [3.8, 4) is 0 Å². The number of ether oxygens (including phenoxy) is 1. The van der Waals surface area contributed by atoms with Crippen LogP contribution in [0.3, 0.4) is 0 Å². The topological polar surface area (TPSA) is 26.3 Å². The Morgan fingerprint density at radius 1 is 1.58 bits per heavy atom. The van der Waals surface area contributed by atoms with Crippen molar-refractivity contribution in [1.82, 2.24) is 0 Å². The molecule has 0 N–H and O–H groups in total. The van der Waals surface area contributed by atoms with Crippen LogP contribution in [0, 0.1) is 0 Å². The van der Waals surface area contributed by atoms with Crippen LogP contribution in [0.1, 0.15) is 12.0 Å². The summed E-state index contributed by atoms with van der Waals surface area (Å²) in [4.78, 5) is 11.0. The number of carbonyl (C=O) groups excluding carboxylic acids is 1. The monoisotopic (exact) mass is 180 g/mol. The van der Waals surface area contributed by atoms with Crippen LogP contribution in [0.25, 0.3) is 6.08 Å². The smallest absolute Gasteiger partial charge is 0.334 e. The molecular formula is C9H8O2S. The Kier molecular flexibility index (Phi) is 1.96. The van der Waals surface area contributed by atoms with Gasteiger partial charge >= 0.3 is 5.97 Å². The summed E-state index contributed by atoms with van der Waals surface area (Å²) in [6.07, 6.45) is 2.64. The molecule has 3 heteroatoms. The minimum absolute atomic E-state index is 0.166. The number of carbonyl (C=O) groups is 1. The molecule has 0 amide bonds. The van der Waals surface area contributed by atoms with Crippen LogP contribution in [0.5, 0.6) is 0 Å². The second-order valence-corrected chi connectivity index (χ2v) is 3.39. The number of hydrogen-bond donors (Lipinski definition) is 0. The summed E-state index contributed by atoms with van der Waals surface area (Å²) in [6, 6.07) is 1.99. The van der Waals surface area contributed by atoms with Gasteiger partial charge in [-0.3, -0.25) is 0 Å². The van der Waals surface area contributed by atoms with Gasteiger partial charge in [-0.15, -0.1) is 0 Å². The Morgan fingerprint density at radius 3 is 3.08 bits per heavy atom. The summed E-state index contributed by atoms with van der Waals surface area (Å²) >= 11 is 1.63. The van der Waals surface area contributed by atoms with Gasteiger partial charge in [0.2, 0.25) is 0 Å². The summed E-state index contributed by atoms with van der Waals surface area (Å²) in [5.74, 6) is -0.166. The van der Waals surface area contributed by atoms with E-state index in [1.54, 1.807) is 11.3 Å². The Bertz CT molecular complexity index is 311. The van der Waals surface area contributed by atoms with Crippen LogP contribution in [0.4, 0.5) is 0 Å². The maximum Gasteiger partial charge on any atom is 0.334 e. The molecule has 0 aliphatic carbocycles. The predicted molar refractivity (Wildman–Crippen MR) is 47.9 cm³/mol. The van der Waals surface area contributed by atoms with Crippen molar-refractivity contribution in [2.45, 2.75) is 6.42 Å². The minimum atomic E-state index is -0.166. The van der Waals surface area contributed by atoms with Gasteiger partial charge in [0.25, 0.3) is 0 Å². The van der Waals surface area contributed by atoms with Crippen LogP contribution >= 0.6 is 11.3 Å². The highest BCUT2D eigenvalue weighted by Crippen LogP contribution is 2.18. The Morgan fingerprint density at radius 2 is 2.50 bits per heavy atom. The first-order valence-electron chi connectivity index (χ1n) is 3.76. The van der Waals surface area contributed by atoms with E-state index >= 15 is 0 Å². The van der Waals surface area contributed by atoms with E-state index in [4.69, 9.17) is 4.74 Å². The molecule has 1 aliphatic rings. The zero-order chi connectivity index (χ0) is 8.39. The summed E-state index contributed by atoms with van der Waals surface area (Å²) in [6.45, 7) is 0.537. The Labute approximate surface area is 74.5 Å². The summed E-state index contributed by atoms with van der Waals surface area (Å²) in [5, 5.41) is 4.01. The van der Waals surface area contributed by atoms with Crippen molar-refractivity contribution in [1.29, 1.82) is 0 Å². The number of hydrogen-bond acceptors (Lipinski definition) is 3. The Hall–Kier alpha value is -1.09. The van der Waals surface area contributed by atoms with E-state index in [1.165, 1.54) is 0 Å². The largest absolute Gasteiger partial charge is 0.462 e. The molecule has 0 saturated carbocycles. The molecular weight excluding hydrogens is 172 g/mol. The average molecular weight is 180 g/mol. The lowest BCUT2D eigenvalue weighted by Crippen LogP contribution is -1.93. The zero-order valence-electron chi connectivity index (χ0n) is 6.45. The van der Waals surface area contributed by atoms with Gasteiger partial charge in [-0.1, -0.05) is 0 Å². The van der Waals surface area contributed by atoms with Gasteiger partial charge in [-0.25, -0.2) is 4.79 Å². The maximum atomic E-state index is 11.0. The van der Waals surface area contributed by atoms with Gasteiger partial charge in [0, 0.05) is 12.0 Å². The van der Waals surface area contributed by atoms with Gasteiger partial charge in [0.15, 0.2) is 0 Å². The molecule has 1 aromatic heterocycles. The molecule has 1 fully saturated rings. The number of esters is 1. The summed E-state index contributed by atoms with van der Waals surface area (Å²) in [5.41, 5.74) is 1.88. The quantitative estimate of drug-likeness (QED) is 0.488. The molecule has 0 atom stereocenters. The van der Waals surface area contributed by atoms with Crippen molar-refractivity contribution in [2.24, 2.45) is 0 Å². The first-order chi connectivity index (χ1) is 5.86. The van der Waals surface area contributed by atoms with Crippen molar-refractivity contribution >= 4 is 23.4 Å². The third kappa shape index (κ3) is 1.41. The summed E-state index contributed by atoms with van der Waals surface area (Å²) < 4.78 is 4.81. The van der Waals surface area contributed by atoms with Crippen molar-refractivity contribution in [2.75, 3.05) is 6.61 Å². The van der Waals surface area contributed by atoms with Crippen molar-refractivity contribution in [3.05, 3.63) is 28.0 Å². The van der Waals surface area contributed by atoms with Crippen molar-refractivity contribution in [3.63, 3.8) is 0 Å². The molecule has 0 aromatic carbocycles. The van der Waals surface area contributed by atoms with Crippen LogP contribution in [0.15, 0.2) is 22.4 Å². The average Bonchev–Trinajstić information content (AvgIpc) is 2.65. The molecule has 0 spiro atoms. The highest BCUT2D eigenvalue weighted by Gasteiger charge is 2.17. The lowest BCUT2D eigenvalue weighted by Gasteiger charge is -1.88. The molecule has 1 aromatic rings. The SMILES string of the molecule is O=C1OCC/C1=C/c1ccsc1.